The number of hydrogen-bond acceptors (Lipinski definition) is 7. The predicted molar refractivity (Wildman–Crippen MR) is 111 cm³/mol. The summed E-state index contributed by atoms with van der Waals surface area (Å²) < 4.78 is 15.4. The van der Waals surface area contributed by atoms with Crippen LogP contribution in [0.3, 0.4) is 0 Å². The van der Waals surface area contributed by atoms with Crippen LogP contribution in [0.4, 0.5) is 10.1 Å². The topological polar surface area (TPSA) is 120 Å². The van der Waals surface area contributed by atoms with Crippen molar-refractivity contribution in [3.63, 3.8) is 0 Å². The lowest BCUT2D eigenvalue weighted by Crippen LogP contribution is -2.29. The standard InChI is InChI=1S/C20H18FN5O4S/c1-12(22-19(28)15-8-3-4-9-16(15)21)18-23-24-20(25(18)2)31-11-17(27)13-6-5-7-14(10-13)26(29)30/h3-10,12H,11H2,1-2H3,(H,22,28). The Morgan fingerprint density at radius 3 is 2.68 bits per heavy atom. The van der Waals surface area contributed by atoms with Crippen molar-refractivity contribution in [1.29, 1.82) is 0 Å². The van der Waals surface area contributed by atoms with E-state index < -0.39 is 22.7 Å². The molecular formula is C20H18FN5O4S. The molecule has 31 heavy (non-hydrogen) atoms. The minimum Gasteiger partial charge on any atom is -0.342 e. The molecule has 1 unspecified atom stereocenters. The highest BCUT2D eigenvalue weighted by atomic mass is 32.2. The lowest BCUT2D eigenvalue weighted by atomic mass is 10.1. The van der Waals surface area contributed by atoms with E-state index in [1.807, 2.05) is 0 Å². The molecule has 0 radical (unpaired) electrons. The number of nitrogens with zero attached hydrogens (tertiary/aromatic N) is 4. The summed E-state index contributed by atoms with van der Waals surface area (Å²) in [5.74, 6) is -1.07. The molecule has 0 aliphatic heterocycles. The molecular weight excluding hydrogens is 425 g/mol. The summed E-state index contributed by atoms with van der Waals surface area (Å²) >= 11 is 1.12. The second-order valence-electron chi connectivity index (χ2n) is 6.59. The minimum absolute atomic E-state index is 0.00308. The summed E-state index contributed by atoms with van der Waals surface area (Å²) in [5, 5.41) is 22.1. The molecule has 0 aliphatic carbocycles. The Morgan fingerprint density at radius 2 is 1.97 bits per heavy atom. The Labute approximate surface area is 180 Å². The summed E-state index contributed by atoms with van der Waals surface area (Å²) in [6, 6.07) is 10.6. The van der Waals surface area contributed by atoms with Crippen LogP contribution in [0.1, 0.15) is 39.5 Å². The van der Waals surface area contributed by atoms with Gasteiger partial charge in [-0.05, 0) is 19.1 Å². The van der Waals surface area contributed by atoms with Gasteiger partial charge in [-0.25, -0.2) is 4.39 Å². The number of rotatable bonds is 8. The van der Waals surface area contributed by atoms with Crippen molar-refractivity contribution in [3.8, 4) is 0 Å². The van der Waals surface area contributed by atoms with Crippen molar-refractivity contribution in [2.45, 2.75) is 18.1 Å². The maximum absolute atomic E-state index is 13.8. The molecule has 9 nitrogen and oxygen atoms in total. The molecule has 1 amide bonds. The van der Waals surface area contributed by atoms with E-state index >= 15 is 0 Å². The van der Waals surface area contributed by atoms with Gasteiger partial charge >= 0.3 is 0 Å². The van der Waals surface area contributed by atoms with Gasteiger partial charge in [0.25, 0.3) is 11.6 Å². The van der Waals surface area contributed by atoms with E-state index in [0.29, 0.717) is 11.0 Å². The zero-order valence-electron chi connectivity index (χ0n) is 16.6. The van der Waals surface area contributed by atoms with Crippen LogP contribution in [0.5, 0.6) is 0 Å². The number of carbonyl (C=O) groups is 2. The van der Waals surface area contributed by atoms with Gasteiger partial charge in [0, 0.05) is 24.7 Å². The lowest BCUT2D eigenvalue weighted by molar-refractivity contribution is -0.384. The average Bonchev–Trinajstić information content (AvgIpc) is 3.12. The number of aromatic nitrogens is 3. The molecule has 3 rings (SSSR count). The number of nitro groups is 1. The number of Topliss-reactive ketones (excluding diaryl/α,β-unsaturated/α-hetero) is 1. The third kappa shape index (κ3) is 5.12. The predicted octanol–water partition coefficient (Wildman–Crippen LogP) is 3.33. The molecule has 3 aromatic rings. The van der Waals surface area contributed by atoms with Gasteiger partial charge in [0.05, 0.1) is 22.3 Å². The zero-order valence-corrected chi connectivity index (χ0v) is 17.4. The summed E-state index contributed by atoms with van der Waals surface area (Å²) in [5.41, 5.74) is -0.000470. The third-order valence-corrected chi connectivity index (χ3v) is 5.45. The van der Waals surface area contributed by atoms with Crippen molar-refractivity contribution < 1.29 is 18.9 Å². The van der Waals surface area contributed by atoms with E-state index in [-0.39, 0.29) is 28.4 Å². The minimum atomic E-state index is -0.624. The molecule has 0 aliphatic rings. The van der Waals surface area contributed by atoms with Gasteiger partial charge in [-0.15, -0.1) is 10.2 Å². The van der Waals surface area contributed by atoms with Crippen LogP contribution in [-0.2, 0) is 7.05 Å². The molecule has 0 spiro atoms. The first-order chi connectivity index (χ1) is 14.8. The quantitative estimate of drug-likeness (QED) is 0.245. The van der Waals surface area contributed by atoms with Gasteiger partial charge in [0.2, 0.25) is 0 Å². The van der Waals surface area contributed by atoms with Gasteiger partial charge in [-0.3, -0.25) is 19.7 Å². The monoisotopic (exact) mass is 443 g/mol. The molecule has 0 saturated heterocycles. The van der Waals surface area contributed by atoms with E-state index in [2.05, 4.69) is 15.5 Å². The molecule has 0 saturated carbocycles. The van der Waals surface area contributed by atoms with Crippen LogP contribution < -0.4 is 5.32 Å². The number of carbonyl (C=O) groups excluding carboxylic acids is 2. The van der Waals surface area contributed by atoms with Gasteiger partial charge in [0.1, 0.15) is 5.82 Å². The average molecular weight is 443 g/mol. The molecule has 0 fully saturated rings. The highest BCUT2D eigenvalue weighted by Gasteiger charge is 2.21. The van der Waals surface area contributed by atoms with Crippen LogP contribution in [-0.4, -0.2) is 37.1 Å². The zero-order chi connectivity index (χ0) is 22.5. The van der Waals surface area contributed by atoms with E-state index in [1.54, 1.807) is 24.6 Å². The maximum atomic E-state index is 13.8. The lowest BCUT2D eigenvalue weighted by Gasteiger charge is -2.14. The molecule has 0 bridgehead atoms. The van der Waals surface area contributed by atoms with Crippen LogP contribution in [0.15, 0.2) is 53.7 Å². The third-order valence-electron chi connectivity index (χ3n) is 4.43. The first-order valence-electron chi connectivity index (χ1n) is 9.13. The molecule has 1 heterocycles. The van der Waals surface area contributed by atoms with Crippen molar-refractivity contribution >= 4 is 29.1 Å². The first kappa shape index (κ1) is 22.1. The number of ketones is 1. The van der Waals surface area contributed by atoms with Crippen LogP contribution in [0, 0.1) is 15.9 Å². The van der Waals surface area contributed by atoms with Crippen LogP contribution in [0.25, 0.3) is 0 Å². The summed E-state index contributed by atoms with van der Waals surface area (Å²) in [6.45, 7) is 1.69. The van der Waals surface area contributed by atoms with Crippen LogP contribution >= 0.6 is 11.8 Å². The number of amides is 1. The fourth-order valence-corrected chi connectivity index (χ4v) is 3.63. The maximum Gasteiger partial charge on any atom is 0.270 e. The summed E-state index contributed by atoms with van der Waals surface area (Å²) in [4.78, 5) is 35.0. The second-order valence-corrected chi connectivity index (χ2v) is 7.54. The Hall–Kier alpha value is -3.60. The SMILES string of the molecule is CC(NC(=O)c1ccccc1F)c1nnc(SCC(=O)c2cccc([N+](=O)[O-])c2)n1C. The first-order valence-corrected chi connectivity index (χ1v) is 10.1. The number of thioether (sulfide) groups is 1. The number of non-ortho nitro benzene ring substituents is 1. The molecule has 1 N–H and O–H groups in total. The van der Waals surface area contributed by atoms with E-state index in [4.69, 9.17) is 0 Å². The summed E-state index contributed by atoms with van der Waals surface area (Å²) in [7, 11) is 1.68. The molecule has 11 heteroatoms. The Morgan fingerprint density at radius 1 is 1.23 bits per heavy atom. The van der Waals surface area contributed by atoms with E-state index in [9.17, 15) is 24.1 Å². The van der Waals surface area contributed by atoms with Crippen LogP contribution in [0.2, 0.25) is 0 Å². The van der Waals surface area contributed by atoms with Gasteiger partial charge in [-0.2, -0.15) is 0 Å². The van der Waals surface area contributed by atoms with Gasteiger partial charge < -0.3 is 9.88 Å². The van der Waals surface area contributed by atoms with Crippen molar-refractivity contribution in [2.24, 2.45) is 7.05 Å². The number of benzene rings is 2. The molecule has 1 aromatic heterocycles. The van der Waals surface area contributed by atoms with Crippen molar-refractivity contribution in [1.82, 2.24) is 20.1 Å². The Kier molecular flexibility index (Phi) is 6.75. The largest absolute Gasteiger partial charge is 0.342 e. The van der Waals surface area contributed by atoms with Crippen molar-refractivity contribution in [2.75, 3.05) is 5.75 Å². The Bertz CT molecular complexity index is 1150. The smallest absolute Gasteiger partial charge is 0.270 e. The molecule has 1 atom stereocenters. The fraction of sp³-hybridized carbons (Fsp3) is 0.200. The summed E-state index contributed by atoms with van der Waals surface area (Å²) in [6.07, 6.45) is 0. The van der Waals surface area contributed by atoms with Gasteiger partial charge in [0.15, 0.2) is 16.8 Å². The molecule has 2 aromatic carbocycles. The van der Waals surface area contributed by atoms with Gasteiger partial charge in [-0.1, -0.05) is 36.0 Å². The number of nitrogens with one attached hydrogen (secondary N) is 1. The fourth-order valence-electron chi connectivity index (χ4n) is 2.82. The number of halogens is 1. The second kappa shape index (κ2) is 9.47. The highest BCUT2D eigenvalue weighted by Crippen LogP contribution is 2.22. The van der Waals surface area contributed by atoms with Crippen molar-refractivity contribution in [3.05, 3.63) is 81.4 Å². The molecule has 160 valence electrons. The number of nitro benzene ring substituents is 1. The highest BCUT2D eigenvalue weighted by molar-refractivity contribution is 7.99. The normalized spacial score (nSPS) is 11.7. The Balaban J connectivity index is 1.65. The van der Waals surface area contributed by atoms with E-state index in [1.165, 1.54) is 42.5 Å². The number of hydrogen-bond donors (Lipinski definition) is 1. The van der Waals surface area contributed by atoms with E-state index in [0.717, 1.165) is 11.8 Å².